The molecule has 4 heterocycles. The topological polar surface area (TPSA) is 157 Å². The number of carbonyl (C=O) groups excluding carboxylic acids is 1. The molecule has 0 bridgehead atoms. The highest BCUT2D eigenvalue weighted by Crippen LogP contribution is 2.29. The molecule has 15 heteroatoms. The molecule has 268 valence electrons. The van der Waals surface area contributed by atoms with Gasteiger partial charge >= 0.3 is 11.4 Å². The number of nitrogens with zero attached hydrogens (tertiary/aromatic N) is 7. The van der Waals surface area contributed by atoms with Crippen LogP contribution in [0.15, 0.2) is 92.2 Å². The summed E-state index contributed by atoms with van der Waals surface area (Å²) in [6, 6.07) is 19.0. The van der Waals surface area contributed by atoms with E-state index in [2.05, 4.69) is 0 Å². The van der Waals surface area contributed by atoms with E-state index in [4.69, 9.17) is 9.57 Å². The highest BCUT2D eigenvalue weighted by Gasteiger charge is 2.20. The van der Waals surface area contributed by atoms with E-state index in [0.717, 1.165) is 31.0 Å². The first-order valence-electron chi connectivity index (χ1n) is 16.1. The molecular formula is C36H41N7O8. The van der Waals surface area contributed by atoms with Crippen LogP contribution in [0.5, 0.6) is 0 Å². The molecule has 0 atom stereocenters. The quantitative estimate of drug-likeness (QED) is 0.166. The fourth-order valence-electron chi connectivity index (χ4n) is 5.97. The fourth-order valence-corrected chi connectivity index (χ4v) is 5.97. The van der Waals surface area contributed by atoms with Crippen molar-refractivity contribution in [1.82, 2.24) is 32.5 Å². The van der Waals surface area contributed by atoms with Gasteiger partial charge in [0.15, 0.2) is 0 Å². The van der Waals surface area contributed by atoms with E-state index in [1.807, 2.05) is 69.8 Å². The van der Waals surface area contributed by atoms with Gasteiger partial charge in [-0.05, 0) is 11.1 Å². The minimum atomic E-state index is -0.385. The molecule has 0 saturated carbocycles. The number of aromatic nitrogens is 6. The van der Waals surface area contributed by atoms with Gasteiger partial charge in [0.2, 0.25) is 0 Å². The number of ether oxygens (including phenoxy) is 1. The summed E-state index contributed by atoms with van der Waals surface area (Å²) in [4.78, 5) is 66.5. The summed E-state index contributed by atoms with van der Waals surface area (Å²) in [6.07, 6.45) is 3.52. The van der Waals surface area contributed by atoms with Gasteiger partial charge in [0, 0.05) is 60.7 Å². The van der Waals surface area contributed by atoms with Crippen molar-refractivity contribution >= 4 is 27.7 Å². The maximum atomic E-state index is 12.9. The second-order valence-electron chi connectivity index (χ2n) is 11.9. The Bertz CT molecular complexity index is 2430. The summed E-state index contributed by atoms with van der Waals surface area (Å²) < 4.78 is 14.3. The summed E-state index contributed by atoms with van der Waals surface area (Å²) in [5.74, 6) is -0.301. The minimum absolute atomic E-state index is 0.0465. The van der Waals surface area contributed by atoms with E-state index in [9.17, 15) is 29.1 Å². The number of aryl methyl sites for hydroxylation is 2. The number of benzene rings is 2. The van der Waals surface area contributed by atoms with Crippen molar-refractivity contribution in [3.8, 4) is 22.5 Å². The summed E-state index contributed by atoms with van der Waals surface area (Å²) >= 11 is 0. The predicted octanol–water partition coefficient (Wildman–Crippen LogP) is 1.44. The first kappa shape index (κ1) is 36.5. The average molecular weight is 700 g/mol. The molecule has 4 aromatic heterocycles. The van der Waals surface area contributed by atoms with Crippen molar-refractivity contribution in [2.24, 2.45) is 28.2 Å². The normalized spacial score (nSPS) is 11.2. The van der Waals surface area contributed by atoms with E-state index in [-0.39, 0.29) is 48.2 Å². The van der Waals surface area contributed by atoms with Crippen molar-refractivity contribution in [3.05, 3.63) is 115 Å². The highest BCUT2D eigenvalue weighted by molar-refractivity contribution is 5.94. The summed E-state index contributed by atoms with van der Waals surface area (Å²) in [5.41, 5.74) is 2.86. The van der Waals surface area contributed by atoms with E-state index >= 15 is 0 Å². The number of carbonyl (C=O) groups is 1. The number of likely N-dealkylation sites (N-methyl/N-ethyl adjacent to an activating group) is 1. The molecular weight excluding hydrogens is 658 g/mol. The van der Waals surface area contributed by atoms with Gasteiger partial charge in [-0.15, -0.1) is 0 Å². The van der Waals surface area contributed by atoms with Gasteiger partial charge in [-0.3, -0.25) is 37.5 Å². The average Bonchev–Trinajstić information content (AvgIpc) is 3.73. The maximum absolute atomic E-state index is 12.9. The Labute approximate surface area is 291 Å². The number of amides is 1. The van der Waals surface area contributed by atoms with Crippen LogP contribution in [0.25, 0.3) is 44.3 Å². The van der Waals surface area contributed by atoms with Crippen LogP contribution in [-0.2, 0) is 55.6 Å². The minimum Gasteiger partial charge on any atom is -0.395 e. The predicted molar refractivity (Wildman–Crippen MR) is 193 cm³/mol. The molecule has 0 aliphatic rings. The summed E-state index contributed by atoms with van der Waals surface area (Å²) in [6.45, 7) is 0.843. The lowest BCUT2D eigenvalue weighted by atomic mass is 10.1. The first-order chi connectivity index (χ1) is 24.4. The zero-order valence-corrected chi connectivity index (χ0v) is 29.4. The van der Waals surface area contributed by atoms with E-state index in [0.29, 0.717) is 40.6 Å². The second-order valence-corrected chi connectivity index (χ2v) is 11.9. The molecule has 0 unspecified atom stereocenters. The van der Waals surface area contributed by atoms with E-state index in [1.54, 1.807) is 26.5 Å². The van der Waals surface area contributed by atoms with Crippen molar-refractivity contribution in [1.29, 1.82) is 0 Å². The van der Waals surface area contributed by atoms with E-state index < -0.39 is 0 Å². The van der Waals surface area contributed by atoms with Gasteiger partial charge in [-0.1, -0.05) is 60.7 Å². The lowest BCUT2D eigenvalue weighted by Crippen LogP contribution is -2.36. The van der Waals surface area contributed by atoms with Gasteiger partial charge in [-0.2, -0.15) is 0 Å². The Morgan fingerprint density at radius 2 is 1.12 bits per heavy atom. The molecule has 1 amide bonds. The number of hydroxylamine groups is 2. The Kier molecular flexibility index (Phi) is 11.0. The molecule has 51 heavy (non-hydrogen) atoms. The van der Waals surface area contributed by atoms with Crippen LogP contribution in [-0.4, -0.2) is 77.5 Å². The summed E-state index contributed by atoms with van der Waals surface area (Å²) in [7, 11) is 9.13. The van der Waals surface area contributed by atoms with Gasteiger partial charge < -0.3 is 19.0 Å². The number of aliphatic hydroxyl groups is 1. The third-order valence-electron chi connectivity index (χ3n) is 8.79. The van der Waals surface area contributed by atoms with Crippen LogP contribution in [0.2, 0.25) is 0 Å². The van der Waals surface area contributed by atoms with Crippen molar-refractivity contribution in [3.63, 3.8) is 0 Å². The number of aliphatic hydroxyl groups excluding tert-OH is 1. The number of fused-ring (bicyclic) bond motifs is 2. The van der Waals surface area contributed by atoms with Gasteiger partial charge in [0.25, 0.3) is 17.0 Å². The Morgan fingerprint density at radius 1 is 0.686 bits per heavy atom. The zero-order valence-electron chi connectivity index (χ0n) is 29.4. The van der Waals surface area contributed by atoms with Crippen LogP contribution < -0.4 is 22.5 Å². The standard InChI is InChI=1S/C20H24N4O5.C16H17N3O3/c1-21-15-12-24(10-11-29-13-16(25)23(3)28-4)18(14-8-6-5-7-9-14)17(15)19(26)22(2)20(21)27;1-17-12-10-19(8-9-20)14(11-6-4-3-5-7-11)13(12)15(21)18(2)16(17)22/h5-9,12H,10-11,13H2,1-4H3;3-7,10,20H,8-9H2,1-2H3. The SMILES string of the molecule is CON(C)C(=O)COCCn1cc2c(c1-c1ccccc1)c(=O)n(C)c(=O)n2C.Cn1c(=O)c2c(-c3ccccc3)n(CCO)cc2n(C)c1=O. The van der Waals surface area contributed by atoms with Crippen molar-refractivity contribution < 1.29 is 19.5 Å². The first-order valence-corrected chi connectivity index (χ1v) is 16.1. The van der Waals surface area contributed by atoms with Crippen LogP contribution in [0.4, 0.5) is 0 Å². The molecule has 2 aromatic carbocycles. The molecule has 0 aliphatic heterocycles. The third-order valence-corrected chi connectivity index (χ3v) is 8.79. The molecule has 0 spiro atoms. The number of rotatable bonds is 10. The van der Waals surface area contributed by atoms with Crippen LogP contribution in [0.1, 0.15) is 0 Å². The fraction of sp³-hybridized carbons (Fsp3) is 0.306. The van der Waals surface area contributed by atoms with E-state index in [1.165, 1.54) is 37.4 Å². The van der Waals surface area contributed by atoms with Crippen LogP contribution >= 0.6 is 0 Å². The third kappa shape index (κ3) is 6.99. The lowest BCUT2D eigenvalue weighted by molar-refractivity contribution is -0.173. The summed E-state index contributed by atoms with van der Waals surface area (Å²) in [5, 5.41) is 11.3. The zero-order chi connectivity index (χ0) is 37.0. The number of hydrogen-bond donors (Lipinski definition) is 1. The maximum Gasteiger partial charge on any atom is 0.330 e. The molecule has 0 radical (unpaired) electrons. The largest absolute Gasteiger partial charge is 0.395 e. The van der Waals surface area contributed by atoms with Crippen molar-refractivity contribution in [2.75, 3.05) is 34.0 Å². The van der Waals surface area contributed by atoms with Gasteiger partial charge in [-0.25, -0.2) is 14.7 Å². The molecule has 15 nitrogen and oxygen atoms in total. The van der Waals surface area contributed by atoms with Gasteiger partial charge in [0.1, 0.15) is 6.61 Å². The number of hydrogen-bond acceptors (Lipinski definition) is 8. The Morgan fingerprint density at radius 3 is 1.53 bits per heavy atom. The Balaban J connectivity index is 0.000000205. The molecule has 0 fully saturated rings. The molecule has 6 rings (SSSR count). The molecule has 1 N–H and O–H groups in total. The second kappa shape index (κ2) is 15.4. The van der Waals surface area contributed by atoms with Gasteiger partial charge in [0.05, 0.1) is 53.5 Å². The highest BCUT2D eigenvalue weighted by atomic mass is 16.7. The Hall–Kier alpha value is -5.77. The lowest BCUT2D eigenvalue weighted by Gasteiger charge is -2.14. The molecule has 6 aromatic rings. The molecule has 0 saturated heterocycles. The van der Waals surface area contributed by atoms with Crippen molar-refractivity contribution in [2.45, 2.75) is 13.1 Å². The van der Waals surface area contributed by atoms with Crippen LogP contribution in [0.3, 0.4) is 0 Å². The monoisotopic (exact) mass is 699 g/mol. The smallest absolute Gasteiger partial charge is 0.330 e. The molecule has 0 aliphatic carbocycles. The van der Waals surface area contributed by atoms with Crippen LogP contribution in [0, 0.1) is 0 Å².